The molecule has 10 heteroatoms. The number of nitrogens with zero attached hydrogens (tertiary/aromatic N) is 3. The van der Waals surface area contributed by atoms with Gasteiger partial charge in [-0.2, -0.15) is 13.2 Å². The van der Waals surface area contributed by atoms with Crippen LogP contribution in [-0.4, -0.2) is 65.2 Å². The first-order chi connectivity index (χ1) is 16.4. The maximum absolute atomic E-state index is 13.1. The van der Waals surface area contributed by atoms with Gasteiger partial charge in [-0.05, 0) is 49.8 Å². The number of halogens is 3. The number of ether oxygens (including phenoxy) is 1. The Morgan fingerprint density at radius 1 is 1.15 bits per heavy atom. The van der Waals surface area contributed by atoms with Crippen LogP contribution in [0.5, 0.6) is 0 Å². The number of hydrogen-bond acceptors (Lipinski definition) is 6. The quantitative estimate of drug-likeness (QED) is 0.624. The van der Waals surface area contributed by atoms with Gasteiger partial charge in [-0.1, -0.05) is 12.2 Å². The van der Waals surface area contributed by atoms with E-state index in [4.69, 9.17) is 4.74 Å². The summed E-state index contributed by atoms with van der Waals surface area (Å²) in [4.78, 5) is 22.9. The normalized spacial score (nSPS) is 25.9. The lowest BCUT2D eigenvalue weighted by Gasteiger charge is -2.47. The number of carbonyl (C=O) groups excluding carboxylic acids is 1. The molecule has 0 bridgehead atoms. The van der Waals surface area contributed by atoms with Crippen LogP contribution in [0.15, 0.2) is 36.7 Å². The van der Waals surface area contributed by atoms with Crippen LogP contribution < -0.4 is 10.6 Å². The number of alkyl halides is 3. The number of fused-ring (bicyclic) bond motifs is 1. The van der Waals surface area contributed by atoms with Gasteiger partial charge in [0.2, 0.25) is 5.91 Å². The predicted octanol–water partition coefficient (Wildman–Crippen LogP) is 3.37. The molecule has 1 amide bonds. The van der Waals surface area contributed by atoms with Crippen molar-refractivity contribution in [3.05, 3.63) is 42.2 Å². The van der Waals surface area contributed by atoms with Crippen LogP contribution in [0.4, 0.5) is 19.0 Å². The summed E-state index contributed by atoms with van der Waals surface area (Å²) >= 11 is 0. The van der Waals surface area contributed by atoms with E-state index in [0.717, 1.165) is 44.7 Å². The van der Waals surface area contributed by atoms with Gasteiger partial charge in [0, 0.05) is 24.5 Å². The van der Waals surface area contributed by atoms with Crippen molar-refractivity contribution in [2.45, 2.75) is 50.0 Å². The molecule has 0 spiro atoms. The molecule has 1 aliphatic carbocycles. The first-order valence-electron chi connectivity index (χ1n) is 11.7. The van der Waals surface area contributed by atoms with E-state index in [2.05, 4.69) is 37.7 Å². The Morgan fingerprint density at radius 2 is 1.94 bits per heavy atom. The summed E-state index contributed by atoms with van der Waals surface area (Å²) in [6.07, 6.45) is 6.01. The second-order valence-corrected chi connectivity index (χ2v) is 9.32. The molecule has 5 rings (SSSR count). The van der Waals surface area contributed by atoms with Crippen LogP contribution in [0.3, 0.4) is 0 Å². The number of nitrogens with one attached hydrogen (secondary N) is 2. The largest absolute Gasteiger partial charge is 0.416 e. The van der Waals surface area contributed by atoms with Gasteiger partial charge in [-0.25, -0.2) is 9.97 Å². The summed E-state index contributed by atoms with van der Waals surface area (Å²) in [6, 6.07) is 3.94. The van der Waals surface area contributed by atoms with Crippen molar-refractivity contribution in [1.29, 1.82) is 0 Å². The van der Waals surface area contributed by atoms with E-state index in [1.54, 1.807) is 0 Å². The molecule has 182 valence electrons. The Hall–Kier alpha value is -2.72. The van der Waals surface area contributed by atoms with Crippen molar-refractivity contribution < 1.29 is 22.7 Å². The highest BCUT2D eigenvalue weighted by molar-refractivity contribution is 5.91. The molecule has 34 heavy (non-hydrogen) atoms. The third kappa shape index (κ3) is 5.02. The first-order valence-corrected chi connectivity index (χ1v) is 11.7. The zero-order valence-corrected chi connectivity index (χ0v) is 18.7. The van der Waals surface area contributed by atoms with E-state index in [1.165, 1.54) is 25.2 Å². The summed E-state index contributed by atoms with van der Waals surface area (Å²) in [7, 11) is 0. The fourth-order valence-electron chi connectivity index (χ4n) is 5.22. The summed E-state index contributed by atoms with van der Waals surface area (Å²) in [6.45, 7) is 2.31. The number of carbonyl (C=O) groups is 1. The van der Waals surface area contributed by atoms with Crippen molar-refractivity contribution >= 4 is 22.6 Å². The minimum atomic E-state index is -4.46. The minimum absolute atomic E-state index is 0.0706. The average molecular weight is 476 g/mol. The van der Waals surface area contributed by atoms with Gasteiger partial charge in [0.25, 0.3) is 0 Å². The third-order valence-corrected chi connectivity index (χ3v) is 7.09. The van der Waals surface area contributed by atoms with Crippen LogP contribution in [0, 0.1) is 5.92 Å². The van der Waals surface area contributed by atoms with Gasteiger partial charge in [0.05, 0.1) is 36.4 Å². The Labute approximate surface area is 195 Å². The lowest BCUT2D eigenvalue weighted by molar-refractivity contribution is -0.137. The average Bonchev–Trinajstić information content (AvgIpc) is 3.34. The molecule has 1 unspecified atom stereocenters. The van der Waals surface area contributed by atoms with E-state index in [0.29, 0.717) is 17.5 Å². The number of aromatic nitrogens is 2. The molecule has 1 aromatic carbocycles. The number of rotatable bonds is 6. The molecule has 3 aliphatic rings. The summed E-state index contributed by atoms with van der Waals surface area (Å²) in [5.41, 5.74) is -0.399. The van der Waals surface area contributed by atoms with Gasteiger partial charge >= 0.3 is 6.18 Å². The van der Waals surface area contributed by atoms with Gasteiger partial charge in [0.15, 0.2) is 0 Å². The number of likely N-dealkylation sites (tertiary alicyclic amines) is 1. The van der Waals surface area contributed by atoms with Gasteiger partial charge in [-0.3, -0.25) is 9.69 Å². The monoisotopic (exact) mass is 475 g/mol. The van der Waals surface area contributed by atoms with E-state index >= 15 is 0 Å². The summed E-state index contributed by atoms with van der Waals surface area (Å²) in [5.74, 6) is 0.611. The molecule has 1 aromatic heterocycles. The molecule has 1 saturated carbocycles. The molecule has 2 N–H and O–H groups in total. The van der Waals surface area contributed by atoms with E-state index < -0.39 is 11.7 Å². The maximum atomic E-state index is 13.1. The van der Waals surface area contributed by atoms with Crippen molar-refractivity contribution in [1.82, 2.24) is 20.2 Å². The first kappa shape index (κ1) is 23.0. The second-order valence-electron chi connectivity index (χ2n) is 9.32. The molecule has 3 heterocycles. The van der Waals surface area contributed by atoms with Crippen LogP contribution in [0.25, 0.3) is 10.9 Å². The molecule has 1 atom stereocenters. The highest BCUT2D eigenvalue weighted by Gasteiger charge is 2.37. The van der Waals surface area contributed by atoms with Crippen molar-refractivity contribution in [2.24, 2.45) is 5.92 Å². The molecule has 2 fully saturated rings. The van der Waals surface area contributed by atoms with Crippen LogP contribution in [0.1, 0.15) is 31.2 Å². The fourth-order valence-corrected chi connectivity index (χ4v) is 5.22. The molecular weight excluding hydrogens is 447 g/mol. The maximum Gasteiger partial charge on any atom is 0.416 e. The van der Waals surface area contributed by atoms with E-state index in [-0.39, 0.29) is 35.8 Å². The number of benzene rings is 1. The standard InChI is InChI=1S/C24H28F3N5O2/c25-24(26,27)16-5-8-20-19(10-16)23(30-14-29-20)28-11-22(33)31-17-12-32(13-17)18-6-3-15(4-7-18)21-2-1-9-34-21/h1-2,5,8,10,14-15,17-18,21H,3-4,6-7,9,11-13H2,(H,31,33)(H,28,29,30)/t15-,18-,21?. The highest BCUT2D eigenvalue weighted by atomic mass is 19.4. The Balaban J connectivity index is 1.08. The van der Waals surface area contributed by atoms with Gasteiger partial charge in [-0.15, -0.1) is 0 Å². The number of hydrogen-bond donors (Lipinski definition) is 2. The van der Waals surface area contributed by atoms with Crippen molar-refractivity contribution in [3.63, 3.8) is 0 Å². The zero-order valence-electron chi connectivity index (χ0n) is 18.7. The lowest BCUT2D eigenvalue weighted by atomic mass is 9.81. The second kappa shape index (κ2) is 9.50. The molecule has 2 aliphatic heterocycles. The van der Waals surface area contributed by atoms with Crippen LogP contribution in [-0.2, 0) is 15.7 Å². The Morgan fingerprint density at radius 3 is 2.65 bits per heavy atom. The molecule has 7 nitrogen and oxygen atoms in total. The van der Waals surface area contributed by atoms with Crippen LogP contribution >= 0.6 is 0 Å². The predicted molar refractivity (Wildman–Crippen MR) is 121 cm³/mol. The highest BCUT2D eigenvalue weighted by Crippen LogP contribution is 2.34. The Kier molecular flexibility index (Phi) is 6.44. The molecular formula is C24H28F3N5O2. The van der Waals surface area contributed by atoms with E-state index in [9.17, 15) is 18.0 Å². The number of amides is 1. The summed E-state index contributed by atoms with van der Waals surface area (Å²) in [5, 5.41) is 6.09. The molecule has 2 aromatic rings. The van der Waals surface area contributed by atoms with Gasteiger partial charge < -0.3 is 15.4 Å². The summed E-state index contributed by atoms with van der Waals surface area (Å²) < 4.78 is 45.0. The molecule has 0 radical (unpaired) electrons. The minimum Gasteiger partial charge on any atom is -0.370 e. The SMILES string of the molecule is O=C(CNc1ncnc2ccc(C(F)(F)F)cc12)NC1CN([C@H]2CC[C@H](C3C=CCO3)CC2)C1. The van der Waals surface area contributed by atoms with Crippen molar-refractivity contribution in [2.75, 3.05) is 31.6 Å². The Bertz CT molecular complexity index is 1060. The van der Waals surface area contributed by atoms with E-state index in [1.807, 2.05) is 0 Å². The fraction of sp³-hybridized carbons (Fsp3) is 0.542. The van der Waals surface area contributed by atoms with Crippen LogP contribution in [0.2, 0.25) is 0 Å². The zero-order chi connectivity index (χ0) is 23.7. The lowest BCUT2D eigenvalue weighted by Crippen LogP contribution is -2.63. The van der Waals surface area contributed by atoms with Gasteiger partial charge in [0.1, 0.15) is 12.1 Å². The topological polar surface area (TPSA) is 79.4 Å². The molecule has 1 saturated heterocycles. The van der Waals surface area contributed by atoms with Crippen molar-refractivity contribution in [3.8, 4) is 0 Å². The third-order valence-electron chi connectivity index (χ3n) is 7.09. The number of anilines is 1. The smallest absolute Gasteiger partial charge is 0.370 e.